The predicted molar refractivity (Wildman–Crippen MR) is 134 cm³/mol. The number of aryl methyl sites for hydroxylation is 1. The summed E-state index contributed by atoms with van der Waals surface area (Å²) in [5.74, 6) is 3.06. The van der Waals surface area contributed by atoms with Crippen LogP contribution >= 0.6 is 11.6 Å². The van der Waals surface area contributed by atoms with Crippen molar-refractivity contribution in [2.45, 2.75) is 25.3 Å². The van der Waals surface area contributed by atoms with E-state index in [1.54, 1.807) is 0 Å². The van der Waals surface area contributed by atoms with E-state index in [4.69, 9.17) is 30.8 Å². The van der Waals surface area contributed by atoms with Gasteiger partial charge >= 0.3 is 0 Å². The molecule has 1 saturated heterocycles. The molecule has 3 heterocycles. The van der Waals surface area contributed by atoms with Crippen LogP contribution in [0.3, 0.4) is 0 Å². The molecule has 2 aliphatic rings. The van der Waals surface area contributed by atoms with Crippen molar-refractivity contribution in [1.29, 1.82) is 0 Å². The van der Waals surface area contributed by atoms with Crippen LogP contribution in [0.15, 0.2) is 66.7 Å². The molecule has 0 N–H and O–H groups in total. The number of nitrogens with zero attached hydrogens (tertiary/aromatic N) is 3. The van der Waals surface area contributed by atoms with Crippen molar-refractivity contribution in [2.75, 3.05) is 24.8 Å². The lowest BCUT2D eigenvalue weighted by Gasteiger charge is -2.18. The maximum Gasteiger partial charge on any atom is 0.231 e. The van der Waals surface area contributed by atoms with Gasteiger partial charge in [-0.25, -0.2) is 4.98 Å². The summed E-state index contributed by atoms with van der Waals surface area (Å²) in [5, 5.41) is 0.606. The van der Waals surface area contributed by atoms with Gasteiger partial charge in [0.1, 0.15) is 11.6 Å². The first kappa shape index (κ1) is 21.8. The molecule has 1 atom stereocenters. The second kappa shape index (κ2) is 9.15. The minimum atomic E-state index is -0.00944. The number of hydrogen-bond acceptors (Lipinski definition) is 5. The smallest absolute Gasteiger partial charge is 0.231 e. The van der Waals surface area contributed by atoms with Crippen molar-refractivity contribution in [3.8, 4) is 17.2 Å². The first-order valence-corrected chi connectivity index (χ1v) is 12.1. The average Bonchev–Trinajstić information content (AvgIpc) is 3.59. The molecule has 2 aliphatic heterocycles. The molecule has 1 amide bonds. The molecule has 1 fully saturated rings. The molecule has 3 aromatic carbocycles. The first-order chi connectivity index (χ1) is 17.2. The third kappa shape index (κ3) is 4.17. The van der Waals surface area contributed by atoms with Crippen molar-refractivity contribution in [3.63, 3.8) is 0 Å². The predicted octanol–water partition coefficient (Wildman–Crippen LogP) is 5.41. The van der Waals surface area contributed by atoms with Crippen LogP contribution in [0.4, 0.5) is 5.69 Å². The number of halogens is 1. The lowest BCUT2D eigenvalue weighted by Crippen LogP contribution is -2.24. The average molecular weight is 490 g/mol. The number of rotatable bonds is 7. The molecule has 1 aromatic heterocycles. The highest BCUT2D eigenvalue weighted by Gasteiger charge is 2.35. The summed E-state index contributed by atoms with van der Waals surface area (Å²) < 4.78 is 19.0. The number of anilines is 1. The van der Waals surface area contributed by atoms with Crippen molar-refractivity contribution in [1.82, 2.24) is 9.55 Å². The highest BCUT2D eigenvalue weighted by molar-refractivity contribution is 6.32. The van der Waals surface area contributed by atoms with E-state index < -0.39 is 0 Å². The summed E-state index contributed by atoms with van der Waals surface area (Å²) in [4.78, 5) is 19.8. The van der Waals surface area contributed by atoms with E-state index in [1.807, 2.05) is 65.6 Å². The van der Waals surface area contributed by atoms with Crippen LogP contribution in [0.25, 0.3) is 11.0 Å². The molecule has 178 valence electrons. The highest BCUT2D eigenvalue weighted by Crippen LogP contribution is 2.39. The van der Waals surface area contributed by atoms with Gasteiger partial charge in [0.25, 0.3) is 0 Å². The highest BCUT2D eigenvalue weighted by atomic mass is 35.5. The lowest BCUT2D eigenvalue weighted by molar-refractivity contribution is -0.117. The summed E-state index contributed by atoms with van der Waals surface area (Å²) in [5.41, 5.74) is 2.82. The maximum absolute atomic E-state index is 13.0. The fraction of sp³-hybridized carbons (Fsp3) is 0.259. The Balaban J connectivity index is 1.22. The molecule has 4 aromatic rings. The largest absolute Gasteiger partial charge is 0.492 e. The minimum Gasteiger partial charge on any atom is -0.492 e. The minimum absolute atomic E-state index is 0.00944. The van der Waals surface area contributed by atoms with Crippen molar-refractivity contribution in [2.24, 2.45) is 0 Å². The van der Waals surface area contributed by atoms with Crippen LogP contribution in [0.2, 0.25) is 5.02 Å². The van der Waals surface area contributed by atoms with E-state index in [9.17, 15) is 4.79 Å². The lowest BCUT2D eigenvalue weighted by atomic mass is 10.1. The molecular weight excluding hydrogens is 466 g/mol. The number of aromatic nitrogens is 2. The molecule has 0 spiro atoms. The Morgan fingerprint density at radius 3 is 2.77 bits per heavy atom. The van der Waals surface area contributed by atoms with Crippen molar-refractivity contribution < 1.29 is 19.0 Å². The maximum atomic E-state index is 13.0. The summed E-state index contributed by atoms with van der Waals surface area (Å²) in [7, 11) is 0. The van der Waals surface area contributed by atoms with Gasteiger partial charge in [0.2, 0.25) is 12.7 Å². The summed E-state index contributed by atoms with van der Waals surface area (Å²) in [6.07, 6.45) is 1.19. The van der Waals surface area contributed by atoms with Gasteiger partial charge < -0.3 is 23.7 Å². The zero-order valence-corrected chi connectivity index (χ0v) is 19.8. The zero-order valence-electron chi connectivity index (χ0n) is 19.0. The topological polar surface area (TPSA) is 65.8 Å². The van der Waals surface area contributed by atoms with Crippen LogP contribution in [0, 0.1) is 0 Å². The van der Waals surface area contributed by atoms with E-state index in [1.165, 1.54) is 0 Å². The second-order valence-electron chi connectivity index (χ2n) is 8.69. The fourth-order valence-electron chi connectivity index (χ4n) is 4.79. The summed E-state index contributed by atoms with van der Waals surface area (Å²) in [6.45, 7) is 2.04. The van der Waals surface area contributed by atoms with Gasteiger partial charge in [0, 0.05) is 37.2 Å². The zero-order chi connectivity index (χ0) is 23.8. The van der Waals surface area contributed by atoms with Gasteiger partial charge in [0.15, 0.2) is 11.5 Å². The van der Waals surface area contributed by atoms with E-state index in [0.29, 0.717) is 41.8 Å². The molecule has 7 nitrogen and oxygen atoms in total. The standard InChI is InChI=1S/C27H24ClN3O4/c28-20-6-1-4-9-23(20)33-13-5-12-30-22-8-3-2-7-21(22)29-27(30)18-14-26(32)31(16-18)19-10-11-24-25(15-19)35-17-34-24/h1-4,6-11,15,18H,5,12-14,16-17H2. The molecule has 1 unspecified atom stereocenters. The third-order valence-corrected chi connectivity index (χ3v) is 6.77. The van der Waals surface area contributed by atoms with Gasteiger partial charge in [-0.3, -0.25) is 4.79 Å². The normalized spacial score (nSPS) is 16.9. The number of ether oxygens (including phenoxy) is 3. The van der Waals surface area contributed by atoms with Gasteiger partial charge in [-0.2, -0.15) is 0 Å². The van der Waals surface area contributed by atoms with Crippen LogP contribution in [0.5, 0.6) is 17.2 Å². The Bertz CT molecular complexity index is 1400. The number of hydrogen-bond donors (Lipinski definition) is 0. The van der Waals surface area contributed by atoms with E-state index in [2.05, 4.69) is 10.6 Å². The van der Waals surface area contributed by atoms with Crippen LogP contribution < -0.4 is 19.1 Å². The SMILES string of the molecule is O=C1CC(c2nc3ccccc3n2CCCOc2ccccc2Cl)CN1c1ccc2c(c1)OCO2. The summed E-state index contributed by atoms with van der Waals surface area (Å²) in [6, 6.07) is 21.2. The van der Waals surface area contributed by atoms with Gasteiger partial charge in [-0.1, -0.05) is 35.9 Å². The van der Waals surface area contributed by atoms with E-state index in [-0.39, 0.29) is 18.6 Å². The molecule has 0 saturated carbocycles. The van der Waals surface area contributed by atoms with Crippen LogP contribution in [0.1, 0.15) is 24.6 Å². The number of imidazole rings is 1. The summed E-state index contributed by atoms with van der Waals surface area (Å²) >= 11 is 6.21. The van der Waals surface area contributed by atoms with Gasteiger partial charge in [-0.05, 0) is 42.8 Å². The number of carbonyl (C=O) groups excluding carboxylic acids is 1. The first-order valence-electron chi connectivity index (χ1n) is 11.7. The second-order valence-corrected chi connectivity index (χ2v) is 9.09. The molecule has 0 radical (unpaired) electrons. The molecule has 35 heavy (non-hydrogen) atoms. The Kier molecular flexibility index (Phi) is 5.70. The fourth-order valence-corrected chi connectivity index (χ4v) is 4.98. The van der Waals surface area contributed by atoms with Crippen LogP contribution in [-0.2, 0) is 11.3 Å². The number of fused-ring (bicyclic) bond motifs is 2. The number of benzene rings is 3. The van der Waals surface area contributed by atoms with Gasteiger partial charge in [0.05, 0.1) is 22.7 Å². The van der Waals surface area contributed by atoms with Crippen molar-refractivity contribution >= 4 is 34.2 Å². The molecule has 0 aliphatic carbocycles. The van der Waals surface area contributed by atoms with E-state index >= 15 is 0 Å². The van der Waals surface area contributed by atoms with Crippen molar-refractivity contribution in [3.05, 3.63) is 77.6 Å². The number of carbonyl (C=O) groups is 1. The van der Waals surface area contributed by atoms with Crippen LogP contribution in [-0.4, -0.2) is 35.4 Å². The van der Waals surface area contributed by atoms with Gasteiger partial charge in [-0.15, -0.1) is 0 Å². The number of para-hydroxylation sites is 3. The Hall–Kier alpha value is -3.71. The molecule has 8 heteroatoms. The monoisotopic (exact) mass is 489 g/mol. The Labute approximate surface area is 207 Å². The molecule has 0 bridgehead atoms. The number of amides is 1. The molecule has 6 rings (SSSR count). The Morgan fingerprint density at radius 2 is 1.86 bits per heavy atom. The third-order valence-electron chi connectivity index (χ3n) is 6.46. The quantitative estimate of drug-likeness (QED) is 0.325. The molecular formula is C27H24ClN3O4. The Morgan fingerprint density at radius 1 is 1.03 bits per heavy atom. The van der Waals surface area contributed by atoms with E-state index in [0.717, 1.165) is 35.5 Å².